The molecule has 0 amide bonds. The van der Waals surface area contributed by atoms with Crippen molar-refractivity contribution in [1.29, 1.82) is 0 Å². The number of hydrogen-bond donors (Lipinski definition) is 0. The Balaban J connectivity index is 1.98. The summed E-state index contributed by atoms with van der Waals surface area (Å²) in [4.78, 5) is 11.7. The maximum absolute atomic E-state index is 11.7. The molecule has 106 valence electrons. The maximum Gasteiger partial charge on any atom is 0.319 e. The van der Waals surface area contributed by atoms with Crippen LogP contribution in [0.2, 0.25) is 0 Å². The van der Waals surface area contributed by atoms with Gasteiger partial charge in [0.1, 0.15) is 10.3 Å². The van der Waals surface area contributed by atoms with E-state index in [4.69, 9.17) is 4.74 Å². The smallest absolute Gasteiger partial charge is 0.319 e. The molecule has 0 saturated carbocycles. The number of benzene rings is 1. The summed E-state index contributed by atoms with van der Waals surface area (Å²) in [5.41, 5.74) is 1.04. The van der Waals surface area contributed by atoms with Gasteiger partial charge in [-0.15, -0.1) is 10.2 Å². The van der Waals surface area contributed by atoms with Crippen LogP contribution >= 0.6 is 23.1 Å². The molecule has 1 aromatic carbocycles. The summed E-state index contributed by atoms with van der Waals surface area (Å²) in [5.74, 6) is -0.201. The summed E-state index contributed by atoms with van der Waals surface area (Å²) in [6, 6.07) is 9.89. The molecule has 1 aromatic heterocycles. The molecule has 0 aliphatic rings. The molecular weight excluding hydrogens is 292 g/mol. The number of ether oxygens (including phenoxy) is 1. The van der Waals surface area contributed by atoms with E-state index in [9.17, 15) is 4.79 Å². The minimum absolute atomic E-state index is 0.201. The number of nitrogens with zero attached hydrogens (tertiary/aromatic N) is 2. The lowest BCUT2D eigenvalue weighted by atomic mass is 10.2. The topological polar surface area (TPSA) is 52.1 Å². The predicted octanol–water partition coefficient (Wildman–Crippen LogP) is 3.64. The van der Waals surface area contributed by atoms with Gasteiger partial charge in [-0.2, -0.15) is 0 Å². The van der Waals surface area contributed by atoms with Gasteiger partial charge in [-0.25, -0.2) is 0 Å². The molecule has 0 saturated heterocycles. The van der Waals surface area contributed by atoms with Crippen molar-refractivity contribution in [1.82, 2.24) is 10.2 Å². The van der Waals surface area contributed by atoms with Gasteiger partial charge in [0.15, 0.2) is 4.34 Å². The summed E-state index contributed by atoms with van der Waals surface area (Å²) >= 11 is 2.88. The van der Waals surface area contributed by atoms with Gasteiger partial charge < -0.3 is 4.74 Å². The Labute approximate surface area is 126 Å². The fourth-order valence-corrected chi connectivity index (χ4v) is 3.47. The van der Waals surface area contributed by atoms with Crippen LogP contribution in [-0.2, 0) is 9.53 Å². The van der Waals surface area contributed by atoms with Crippen LogP contribution in [0.4, 0.5) is 0 Å². The van der Waals surface area contributed by atoms with Crippen molar-refractivity contribution in [3.8, 4) is 10.6 Å². The fourth-order valence-electron chi connectivity index (χ4n) is 1.47. The molecule has 1 atom stereocenters. The lowest BCUT2D eigenvalue weighted by molar-refractivity contribution is -0.142. The molecule has 0 spiro atoms. The fraction of sp³-hybridized carbons (Fsp3) is 0.357. The molecule has 1 heterocycles. The maximum atomic E-state index is 11.7. The molecule has 4 nitrogen and oxygen atoms in total. The van der Waals surface area contributed by atoms with Crippen molar-refractivity contribution in [2.45, 2.75) is 29.9 Å². The van der Waals surface area contributed by atoms with E-state index in [-0.39, 0.29) is 11.2 Å². The molecule has 20 heavy (non-hydrogen) atoms. The first kappa shape index (κ1) is 15.0. The van der Waals surface area contributed by atoms with Gasteiger partial charge in [-0.3, -0.25) is 4.79 Å². The van der Waals surface area contributed by atoms with E-state index in [1.807, 2.05) is 44.2 Å². The standard InChI is InChI=1S/C14H16N2O2S2/c1-3-9-18-13(17)10(2)19-14-16-15-12(20-14)11-7-5-4-6-8-11/h4-8,10H,3,9H2,1-2H3. The summed E-state index contributed by atoms with van der Waals surface area (Å²) in [6.45, 7) is 4.27. The molecule has 2 aromatic rings. The number of thioether (sulfide) groups is 1. The quantitative estimate of drug-likeness (QED) is 0.602. The van der Waals surface area contributed by atoms with Crippen molar-refractivity contribution in [2.24, 2.45) is 0 Å². The van der Waals surface area contributed by atoms with Gasteiger partial charge in [0.2, 0.25) is 0 Å². The average Bonchev–Trinajstić information content (AvgIpc) is 2.94. The third-order valence-electron chi connectivity index (χ3n) is 2.49. The summed E-state index contributed by atoms with van der Waals surface area (Å²) in [6.07, 6.45) is 0.833. The number of rotatable bonds is 6. The van der Waals surface area contributed by atoms with Crippen LogP contribution in [0.1, 0.15) is 20.3 Å². The zero-order valence-corrected chi connectivity index (χ0v) is 13.0. The normalized spacial score (nSPS) is 12.1. The number of esters is 1. The van der Waals surface area contributed by atoms with Crippen molar-refractivity contribution in [3.63, 3.8) is 0 Å². The first-order chi connectivity index (χ1) is 9.70. The van der Waals surface area contributed by atoms with Crippen LogP contribution in [0.25, 0.3) is 10.6 Å². The van der Waals surface area contributed by atoms with Crippen molar-refractivity contribution in [3.05, 3.63) is 30.3 Å². The first-order valence-corrected chi connectivity index (χ1v) is 8.12. The highest BCUT2D eigenvalue weighted by Gasteiger charge is 2.18. The molecule has 0 bridgehead atoms. The molecule has 2 rings (SSSR count). The average molecular weight is 308 g/mol. The van der Waals surface area contributed by atoms with Gasteiger partial charge in [0.25, 0.3) is 0 Å². The van der Waals surface area contributed by atoms with E-state index >= 15 is 0 Å². The number of carbonyl (C=O) groups is 1. The Morgan fingerprint density at radius 1 is 1.35 bits per heavy atom. The van der Waals surface area contributed by atoms with Crippen LogP contribution in [-0.4, -0.2) is 28.0 Å². The lowest BCUT2D eigenvalue weighted by Crippen LogP contribution is -2.17. The van der Waals surface area contributed by atoms with Crippen molar-refractivity contribution < 1.29 is 9.53 Å². The Kier molecular flexibility index (Phi) is 5.55. The molecular formula is C14H16N2O2S2. The molecule has 0 aliphatic carbocycles. The Hall–Kier alpha value is -1.40. The lowest BCUT2D eigenvalue weighted by Gasteiger charge is -2.08. The zero-order valence-electron chi connectivity index (χ0n) is 11.4. The van der Waals surface area contributed by atoms with E-state index in [0.29, 0.717) is 6.61 Å². The summed E-state index contributed by atoms with van der Waals surface area (Å²) in [7, 11) is 0. The molecule has 0 radical (unpaired) electrons. The molecule has 0 fully saturated rings. The third-order valence-corrected chi connectivity index (χ3v) is 4.62. The highest BCUT2D eigenvalue weighted by atomic mass is 32.2. The van der Waals surface area contributed by atoms with Crippen LogP contribution in [0.15, 0.2) is 34.7 Å². The second-order valence-corrected chi connectivity index (χ2v) is 6.73. The van der Waals surface area contributed by atoms with Crippen LogP contribution in [0, 0.1) is 0 Å². The van der Waals surface area contributed by atoms with Gasteiger partial charge in [0, 0.05) is 5.56 Å². The van der Waals surface area contributed by atoms with Gasteiger partial charge in [0.05, 0.1) is 6.61 Å². The van der Waals surface area contributed by atoms with E-state index in [2.05, 4.69) is 10.2 Å². The minimum Gasteiger partial charge on any atom is -0.465 e. The van der Waals surface area contributed by atoms with Gasteiger partial charge in [-0.1, -0.05) is 60.4 Å². The van der Waals surface area contributed by atoms with Crippen LogP contribution in [0.3, 0.4) is 0 Å². The molecule has 0 N–H and O–H groups in total. The Morgan fingerprint density at radius 3 is 2.80 bits per heavy atom. The highest BCUT2D eigenvalue weighted by Crippen LogP contribution is 2.31. The SMILES string of the molecule is CCCOC(=O)C(C)Sc1nnc(-c2ccccc2)s1. The molecule has 0 aliphatic heterocycles. The summed E-state index contributed by atoms with van der Waals surface area (Å²) in [5, 5.41) is 8.87. The monoisotopic (exact) mass is 308 g/mol. The second kappa shape index (κ2) is 7.40. The van der Waals surface area contributed by atoms with Crippen LogP contribution < -0.4 is 0 Å². The summed E-state index contributed by atoms with van der Waals surface area (Å²) < 4.78 is 5.90. The van der Waals surface area contributed by atoms with E-state index in [0.717, 1.165) is 21.3 Å². The van der Waals surface area contributed by atoms with Crippen LogP contribution in [0.5, 0.6) is 0 Å². The van der Waals surface area contributed by atoms with Gasteiger partial charge in [-0.05, 0) is 13.3 Å². The minimum atomic E-state index is -0.266. The van der Waals surface area contributed by atoms with E-state index in [1.165, 1.54) is 23.1 Å². The molecule has 6 heteroatoms. The van der Waals surface area contributed by atoms with Crippen molar-refractivity contribution >= 4 is 29.1 Å². The van der Waals surface area contributed by atoms with Gasteiger partial charge >= 0.3 is 5.97 Å². The third kappa shape index (κ3) is 4.05. The van der Waals surface area contributed by atoms with E-state index in [1.54, 1.807) is 0 Å². The second-order valence-electron chi connectivity index (χ2n) is 4.17. The predicted molar refractivity (Wildman–Crippen MR) is 81.9 cm³/mol. The first-order valence-electron chi connectivity index (χ1n) is 6.43. The van der Waals surface area contributed by atoms with Crippen molar-refractivity contribution in [2.75, 3.05) is 6.61 Å². The molecule has 1 unspecified atom stereocenters. The Bertz CT molecular complexity index is 557. The number of carbonyl (C=O) groups excluding carboxylic acids is 1. The Morgan fingerprint density at radius 2 is 2.10 bits per heavy atom. The highest BCUT2D eigenvalue weighted by molar-refractivity contribution is 8.02. The van der Waals surface area contributed by atoms with E-state index < -0.39 is 0 Å². The number of hydrogen-bond acceptors (Lipinski definition) is 6. The number of aromatic nitrogens is 2. The largest absolute Gasteiger partial charge is 0.465 e. The zero-order chi connectivity index (χ0) is 14.4.